The minimum atomic E-state index is -0.921. The van der Waals surface area contributed by atoms with Crippen LogP contribution in [0, 0.1) is 6.92 Å². The average Bonchev–Trinajstić information content (AvgIpc) is 1.96. The molecule has 0 fully saturated rings. The van der Waals surface area contributed by atoms with E-state index in [1.807, 2.05) is 25.1 Å². The third-order valence-electron chi connectivity index (χ3n) is 1.71. The largest absolute Gasteiger partial charge is 0.372 e. The van der Waals surface area contributed by atoms with Crippen molar-refractivity contribution in [3.63, 3.8) is 0 Å². The van der Waals surface area contributed by atoms with Crippen LogP contribution in [0.3, 0.4) is 0 Å². The molecule has 0 aliphatic carbocycles. The topological polar surface area (TPSA) is 32.3 Å². The summed E-state index contributed by atoms with van der Waals surface area (Å²) in [6, 6.07) is 5.56. The Bertz CT molecular complexity index is 304. The van der Waals surface area contributed by atoms with Crippen LogP contribution in [-0.2, 0) is 0 Å². The third kappa shape index (κ3) is 2.90. The number of hydrogen-bond donors (Lipinski definition) is 2. The lowest BCUT2D eigenvalue weighted by Crippen LogP contribution is -2.30. The molecule has 0 aliphatic heterocycles. The van der Waals surface area contributed by atoms with Crippen LogP contribution in [0.4, 0.5) is 5.69 Å². The van der Waals surface area contributed by atoms with Gasteiger partial charge in [-0.05, 0) is 38.5 Å². The van der Waals surface area contributed by atoms with E-state index in [1.54, 1.807) is 13.8 Å². The van der Waals surface area contributed by atoms with Crippen LogP contribution in [0.15, 0.2) is 18.2 Å². The highest BCUT2D eigenvalue weighted by molar-refractivity contribution is 6.31. The zero-order valence-corrected chi connectivity index (χ0v) is 8.81. The SMILES string of the molecule is Cc1c(Cl)cccc1NC(C)(C)O. The molecule has 1 aromatic carbocycles. The van der Waals surface area contributed by atoms with Gasteiger partial charge in [0.1, 0.15) is 5.72 Å². The molecule has 1 aromatic rings. The van der Waals surface area contributed by atoms with E-state index in [2.05, 4.69) is 5.32 Å². The van der Waals surface area contributed by atoms with Crippen LogP contribution < -0.4 is 5.32 Å². The maximum Gasteiger partial charge on any atom is 0.129 e. The fourth-order valence-electron chi connectivity index (χ4n) is 1.07. The summed E-state index contributed by atoms with van der Waals surface area (Å²) < 4.78 is 0. The Morgan fingerprint density at radius 3 is 2.54 bits per heavy atom. The lowest BCUT2D eigenvalue weighted by Gasteiger charge is -2.22. The molecule has 0 spiro atoms. The number of rotatable bonds is 2. The Morgan fingerprint density at radius 2 is 2.00 bits per heavy atom. The van der Waals surface area contributed by atoms with E-state index in [-0.39, 0.29) is 0 Å². The van der Waals surface area contributed by atoms with Crippen LogP contribution in [0.1, 0.15) is 19.4 Å². The molecule has 0 amide bonds. The summed E-state index contributed by atoms with van der Waals surface area (Å²) in [6.07, 6.45) is 0. The van der Waals surface area contributed by atoms with Crippen LogP contribution >= 0.6 is 11.6 Å². The van der Waals surface area contributed by atoms with Crippen LogP contribution in [-0.4, -0.2) is 10.8 Å². The molecular weight excluding hydrogens is 186 g/mol. The van der Waals surface area contributed by atoms with Gasteiger partial charge < -0.3 is 10.4 Å². The second-order valence-corrected chi connectivity index (χ2v) is 4.00. The minimum absolute atomic E-state index is 0.703. The van der Waals surface area contributed by atoms with Gasteiger partial charge in [0.2, 0.25) is 0 Å². The van der Waals surface area contributed by atoms with Gasteiger partial charge in [-0.3, -0.25) is 0 Å². The van der Waals surface area contributed by atoms with Gasteiger partial charge in [0.25, 0.3) is 0 Å². The Labute approximate surface area is 83.5 Å². The maximum absolute atomic E-state index is 9.53. The summed E-state index contributed by atoms with van der Waals surface area (Å²) in [5, 5.41) is 13.2. The zero-order valence-electron chi connectivity index (χ0n) is 8.06. The molecule has 3 heteroatoms. The Hall–Kier alpha value is -0.730. The van der Waals surface area contributed by atoms with Gasteiger partial charge in [0.05, 0.1) is 0 Å². The van der Waals surface area contributed by atoms with Gasteiger partial charge >= 0.3 is 0 Å². The smallest absolute Gasteiger partial charge is 0.129 e. The van der Waals surface area contributed by atoms with Crippen LogP contribution in [0.5, 0.6) is 0 Å². The first-order valence-corrected chi connectivity index (χ1v) is 4.53. The van der Waals surface area contributed by atoms with E-state index in [0.29, 0.717) is 5.02 Å². The van der Waals surface area contributed by atoms with E-state index in [1.165, 1.54) is 0 Å². The molecule has 0 radical (unpaired) electrons. The molecule has 0 saturated heterocycles. The highest BCUT2D eigenvalue weighted by atomic mass is 35.5. The Balaban J connectivity index is 2.96. The molecule has 2 nitrogen and oxygen atoms in total. The van der Waals surface area contributed by atoms with Gasteiger partial charge in [-0.15, -0.1) is 0 Å². The molecule has 72 valence electrons. The van der Waals surface area contributed by atoms with E-state index in [4.69, 9.17) is 11.6 Å². The number of halogens is 1. The third-order valence-corrected chi connectivity index (χ3v) is 2.12. The first-order valence-electron chi connectivity index (χ1n) is 4.16. The van der Waals surface area contributed by atoms with Crippen molar-refractivity contribution in [3.8, 4) is 0 Å². The summed E-state index contributed by atoms with van der Waals surface area (Å²) in [4.78, 5) is 0. The number of nitrogens with one attached hydrogen (secondary N) is 1. The molecule has 0 unspecified atom stereocenters. The first-order chi connectivity index (χ1) is 5.90. The first kappa shape index (κ1) is 10.4. The highest BCUT2D eigenvalue weighted by Crippen LogP contribution is 2.24. The molecule has 0 aliphatic rings. The predicted molar refractivity (Wildman–Crippen MR) is 56.1 cm³/mol. The number of benzene rings is 1. The second-order valence-electron chi connectivity index (χ2n) is 3.60. The van der Waals surface area contributed by atoms with E-state index in [0.717, 1.165) is 11.3 Å². The van der Waals surface area contributed by atoms with Crippen molar-refractivity contribution in [2.45, 2.75) is 26.5 Å². The molecule has 0 bridgehead atoms. The quantitative estimate of drug-likeness (QED) is 0.718. The Kier molecular flexibility index (Phi) is 2.84. The lowest BCUT2D eigenvalue weighted by molar-refractivity contribution is 0.111. The lowest BCUT2D eigenvalue weighted by atomic mass is 10.1. The van der Waals surface area contributed by atoms with E-state index < -0.39 is 5.72 Å². The Morgan fingerprint density at radius 1 is 1.38 bits per heavy atom. The van der Waals surface area contributed by atoms with Crippen molar-refractivity contribution in [1.82, 2.24) is 0 Å². The normalized spacial score (nSPS) is 11.5. The van der Waals surface area contributed by atoms with Gasteiger partial charge in [-0.2, -0.15) is 0 Å². The molecule has 13 heavy (non-hydrogen) atoms. The van der Waals surface area contributed by atoms with E-state index >= 15 is 0 Å². The predicted octanol–water partition coefficient (Wildman–Crippen LogP) is 2.79. The monoisotopic (exact) mass is 199 g/mol. The highest BCUT2D eigenvalue weighted by Gasteiger charge is 2.13. The van der Waals surface area contributed by atoms with Crippen molar-refractivity contribution in [3.05, 3.63) is 28.8 Å². The van der Waals surface area contributed by atoms with Crippen molar-refractivity contribution < 1.29 is 5.11 Å². The standard InChI is InChI=1S/C10H14ClNO/c1-7-8(11)5-4-6-9(7)12-10(2,3)13/h4-6,12-13H,1-3H3. The number of aliphatic hydroxyl groups is 1. The summed E-state index contributed by atoms with van der Waals surface area (Å²) in [5.41, 5.74) is 0.890. The molecule has 0 heterocycles. The van der Waals surface area contributed by atoms with Gasteiger partial charge in [0, 0.05) is 10.7 Å². The fourth-order valence-corrected chi connectivity index (χ4v) is 1.25. The number of hydrogen-bond acceptors (Lipinski definition) is 2. The van der Waals surface area contributed by atoms with Crippen molar-refractivity contribution in [2.24, 2.45) is 0 Å². The summed E-state index contributed by atoms with van der Waals surface area (Å²) >= 11 is 5.92. The fraction of sp³-hybridized carbons (Fsp3) is 0.400. The summed E-state index contributed by atoms with van der Waals surface area (Å²) in [6.45, 7) is 5.29. The van der Waals surface area contributed by atoms with Gasteiger partial charge in [-0.25, -0.2) is 0 Å². The van der Waals surface area contributed by atoms with Crippen LogP contribution in [0.25, 0.3) is 0 Å². The van der Waals surface area contributed by atoms with Crippen molar-refractivity contribution >= 4 is 17.3 Å². The van der Waals surface area contributed by atoms with Crippen molar-refractivity contribution in [1.29, 1.82) is 0 Å². The van der Waals surface area contributed by atoms with Crippen molar-refractivity contribution in [2.75, 3.05) is 5.32 Å². The average molecular weight is 200 g/mol. The summed E-state index contributed by atoms with van der Waals surface area (Å²) in [7, 11) is 0. The second kappa shape index (κ2) is 3.56. The molecule has 0 atom stereocenters. The molecular formula is C10H14ClNO. The van der Waals surface area contributed by atoms with Gasteiger partial charge in [0.15, 0.2) is 0 Å². The molecule has 1 rings (SSSR count). The van der Waals surface area contributed by atoms with Crippen LogP contribution in [0.2, 0.25) is 5.02 Å². The molecule has 0 aromatic heterocycles. The molecule has 0 saturated carbocycles. The minimum Gasteiger partial charge on any atom is -0.372 e. The maximum atomic E-state index is 9.53. The molecule has 2 N–H and O–H groups in total. The number of anilines is 1. The zero-order chi connectivity index (χ0) is 10.1. The summed E-state index contributed by atoms with van der Waals surface area (Å²) in [5.74, 6) is 0. The van der Waals surface area contributed by atoms with Gasteiger partial charge in [-0.1, -0.05) is 17.7 Å². The van der Waals surface area contributed by atoms with E-state index in [9.17, 15) is 5.11 Å².